The minimum absolute atomic E-state index is 0.0546. The number of nitrogens with one attached hydrogen (secondary N) is 2. The molecule has 2 amide bonds. The molecule has 1 heterocycles. The van der Waals surface area contributed by atoms with Crippen LogP contribution in [0.1, 0.15) is 15.9 Å². The van der Waals surface area contributed by atoms with E-state index in [0.29, 0.717) is 17.1 Å². The van der Waals surface area contributed by atoms with Gasteiger partial charge >= 0.3 is 0 Å². The molecule has 27 heavy (non-hydrogen) atoms. The molecule has 2 N–H and O–H groups in total. The molecule has 0 unspecified atom stereocenters. The summed E-state index contributed by atoms with van der Waals surface area (Å²) in [6, 6.07) is 12.4. The van der Waals surface area contributed by atoms with Gasteiger partial charge in [-0.15, -0.1) is 10.2 Å². The molecule has 0 aliphatic heterocycles. The van der Waals surface area contributed by atoms with Gasteiger partial charge in [0.15, 0.2) is 0 Å². The molecular formula is C18H17BrN6O2. The lowest BCUT2D eigenvalue weighted by Gasteiger charge is -2.17. The molecule has 3 aromatic rings. The van der Waals surface area contributed by atoms with E-state index in [4.69, 9.17) is 0 Å². The second kappa shape index (κ2) is 8.09. The maximum atomic E-state index is 12.5. The molecule has 0 spiro atoms. The van der Waals surface area contributed by atoms with Crippen molar-refractivity contribution in [2.24, 2.45) is 0 Å². The second-order valence-electron chi connectivity index (χ2n) is 5.98. The Morgan fingerprint density at radius 1 is 1.19 bits per heavy atom. The Bertz CT molecular complexity index is 956. The number of aromatic amines is 1. The molecule has 2 aromatic carbocycles. The fourth-order valence-corrected chi connectivity index (χ4v) is 2.99. The van der Waals surface area contributed by atoms with Gasteiger partial charge in [-0.05, 0) is 48.0 Å². The predicted octanol–water partition coefficient (Wildman–Crippen LogP) is 2.65. The van der Waals surface area contributed by atoms with Crippen molar-refractivity contribution in [3.8, 4) is 11.4 Å². The Morgan fingerprint density at radius 3 is 2.56 bits per heavy atom. The van der Waals surface area contributed by atoms with Crippen LogP contribution in [0.5, 0.6) is 0 Å². The fraction of sp³-hybridized carbons (Fsp3) is 0.167. The Labute approximate surface area is 164 Å². The quantitative estimate of drug-likeness (QED) is 0.649. The van der Waals surface area contributed by atoms with Crippen molar-refractivity contribution in [2.75, 3.05) is 18.9 Å². The van der Waals surface area contributed by atoms with E-state index < -0.39 is 0 Å². The topological polar surface area (TPSA) is 104 Å². The van der Waals surface area contributed by atoms with Crippen LogP contribution in [0.2, 0.25) is 0 Å². The van der Waals surface area contributed by atoms with E-state index in [1.165, 1.54) is 4.90 Å². The normalized spacial score (nSPS) is 10.5. The second-order valence-corrected chi connectivity index (χ2v) is 6.90. The third-order valence-corrected chi connectivity index (χ3v) is 4.42. The van der Waals surface area contributed by atoms with E-state index in [1.54, 1.807) is 31.3 Å². The smallest absolute Gasteiger partial charge is 0.254 e. The monoisotopic (exact) mass is 428 g/mol. The van der Waals surface area contributed by atoms with E-state index in [0.717, 1.165) is 15.6 Å². The number of rotatable bonds is 5. The number of likely N-dealkylation sites (N-methyl/N-ethyl adjacent to an activating group) is 1. The summed E-state index contributed by atoms with van der Waals surface area (Å²) in [5, 5.41) is 16.5. The summed E-state index contributed by atoms with van der Waals surface area (Å²) < 4.78 is 0.939. The molecule has 0 aliphatic rings. The average Bonchev–Trinajstić information content (AvgIpc) is 3.18. The molecule has 0 radical (unpaired) electrons. The summed E-state index contributed by atoms with van der Waals surface area (Å²) in [4.78, 5) is 26.2. The Kier molecular flexibility index (Phi) is 5.60. The molecule has 1 aromatic heterocycles. The number of anilines is 1. The number of carbonyl (C=O) groups is 2. The first kappa shape index (κ1) is 18.7. The maximum absolute atomic E-state index is 12.5. The molecule has 9 heteroatoms. The van der Waals surface area contributed by atoms with Crippen LogP contribution < -0.4 is 5.32 Å². The molecule has 0 saturated carbocycles. The number of nitrogens with zero attached hydrogens (tertiary/aromatic N) is 4. The maximum Gasteiger partial charge on any atom is 0.254 e. The number of hydrogen-bond donors (Lipinski definition) is 2. The highest BCUT2D eigenvalue weighted by Gasteiger charge is 2.16. The summed E-state index contributed by atoms with van der Waals surface area (Å²) >= 11 is 3.39. The Hall–Kier alpha value is -3.07. The Morgan fingerprint density at radius 2 is 1.93 bits per heavy atom. The molecular weight excluding hydrogens is 412 g/mol. The number of amides is 2. The largest absolute Gasteiger partial charge is 0.332 e. The van der Waals surface area contributed by atoms with Crippen molar-refractivity contribution in [2.45, 2.75) is 6.92 Å². The van der Waals surface area contributed by atoms with Gasteiger partial charge in [-0.2, -0.15) is 5.21 Å². The van der Waals surface area contributed by atoms with Crippen LogP contribution in [0.25, 0.3) is 11.4 Å². The molecule has 0 saturated heterocycles. The summed E-state index contributed by atoms with van der Waals surface area (Å²) in [6.07, 6.45) is 0. The van der Waals surface area contributed by atoms with Crippen LogP contribution in [-0.4, -0.2) is 50.9 Å². The third-order valence-electron chi connectivity index (χ3n) is 3.93. The summed E-state index contributed by atoms with van der Waals surface area (Å²) in [6.45, 7) is 1.85. The molecule has 0 bridgehead atoms. The Balaban J connectivity index is 1.62. The van der Waals surface area contributed by atoms with Crippen LogP contribution in [-0.2, 0) is 4.79 Å². The molecule has 0 atom stereocenters. The highest BCUT2D eigenvalue weighted by Crippen LogP contribution is 2.20. The minimum Gasteiger partial charge on any atom is -0.332 e. The first-order valence-electron chi connectivity index (χ1n) is 8.09. The van der Waals surface area contributed by atoms with Gasteiger partial charge in [-0.25, -0.2) is 0 Å². The van der Waals surface area contributed by atoms with Crippen LogP contribution in [0.15, 0.2) is 46.9 Å². The van der Waals surface area contributed by atoms with Crippen molar-refractivity contribution in [1.29, 1.82) is 0 Å². The summed E-state index contributed by atoms with van der Waals surface area (Å²) in [5.41, 5.74) is 2.86. The first-order valence-corrected chi connectivity index (χ1v) is 8.88. The number of H-pyrrole nitrogens is 1. The van der Waals surface area contributed by atoms with Crippen molar-refractivity contribution < 1.29 is 9.59 Å². The van der Waals surface area contributed by atoms with E-state index in [2.05, 4.69) is 41.9 Å². The van der Waals surface area contributed by atoms with Crippen molar-refractivity contribution in [3.05, 3.63) is 58.1 Å². The number of hydrogen-bond acceptors (Lipinski definition) is 5. The van der Waals surface area contributed by atoms with Crippen molar-refractivity contribution in [1.82, 2.24) is 25.5 Å². The van der Waals surface area contributed by atoms with Crippen LogP contribution in [0, 0.1) is 6.92 Å². The predicted molar refractivity (Wildman–Crippen MR) is 104 cm³/mol. The summed E-state index contributed by atoms with van der Waals surface area (Å²) in [5.74, 6) is -0.0661. The van der Waals surface area contributed by atoms with Gasteiger partial charge in [-0.1, -0.05) is 28.1 Å². The van der Waals surface area contributed by atoms with Crippen LogP contribution in [0.4, 0.5) is 5.69 Å². The molecule has 0 aliphatic carbocycles. The van der Waals surface area contributed by atoms with E-state index in [1.807, 2.05) is 25.1 Å². The number of aryl methyl sites for hydroxylation is 1. The zero-order valence-corrected chi connectivity index (χ0v) is 16.3. The SMILES string of the molecule is Cc1cc(Br)ccc1NC(=O)CN(C)C(=O)c1ccc(-c2nn[nH]n2)cc1. The zero-order valence-electron chi connectivity index (χ0n) is 14.7. The molecule has 3 rings (SSSR count). The van der Waals surface area contributed by atoms with Crippen molar-refractivity contribution in [3.63, 3.8) is 0 Å². The van der Waals surface area contributed by atoms with Gasteiger partial charge in [0.25, 0.3) is 5.91 Å². The number of aromatic nitrogens is 4. The lowest BCUT2D eigenvalue weighted by Crippen LogP contribution is -2.35. The van der Waals surface area contributed by atoms with Crippen LogP contribution >= 0.6 is 15.9 Å². The standard InChI is InChI=1S/C18H17BrN6O2/c1-11-9-14(19)7-8-15(11)20-16(26)10-25(2)18(27)13-5-3-12(4-6-13)17-21-23-24-22-17/h3-9H,10H2,1-2H3,(H,20,26)(H,21,22,23,24). The molecule has 8 nitrogen and oxygen atoms in total. The fourth-order valence-electron chi connectivity index (χ4n) is 2.51. The van der Waals surface area contributed by atoms with Crippen molar-refractivity contribution >= 4 is 33.4 Å². The van der Waals surface area contributed by atoms with Gasteiger partial charge in [0.1, 0.15) is 0 Å². The van der Waals surface area contributed by atoms with Gasteiger partial charge in [0, 0.05) is 28.3 Å². The molecule has 138 valence electrons. The van der Waals surface area contributed by atoms with Gasteiger partial charge in [0.05, 0.1) is 6.54 Å². The summed E-state index contributed by atoms with van der Waals surface area (Å²) in [7, 11) is 1.59. The van der Waals surface area contributed by atoms with Gasteiger partial charge in [0.2, 0.25) is 11.7 Å². The van der Waals surface area contributed by atoms with E-state index in [-0.39, 0.29) is 18.4 Å². The highest BCUT2D eigenvalue weighted by atomic mass is 79.9. The third kappa shape index (κ3) is 4.56. The van der Waals surface area contributed by atoms with Gasteiger partial charge in [-0.3, -0.25) is 9.59 Å². The first-order chi connectivity index (χ1) is 12.9. The lowest BCUT2D eigenvalue weighted by molar-refractivity contribution is -0.116. The van der Waals surface area contributed by atoms with Crippen LogP contribution in [0.3, 0.4) is 0 Å². The number of tetrazole rings is 1. The van der Waals surface area contributed by atoms with E-state index in [9.17, 15) is 9.59 Å². The number of benzene rings is 2. The zero-order chi connectivity index (χ0) is 19.4. The number of carbonyl (C=O) groups excluding carboxylic acids is 2. The molecule has 0 fully saturated rings. The highest BCUT2D eigenvalue weighted by molar-refractivity contribution is 9.10. The van der Waals surface area contributed by atoms with Gasteiger partial charge < -0.3 is 10.2 Å². The number of halogens is 1. The average molecular weight is 429 g/mol. The minimum atomic E-state index is -0.264. The lowest BCUT2D eigenvalue weighted by atomic mass is 10.1. The van der Waals surface area contributed by atoms with E-state index >= 15 is 0 Å².